The van der Waals surface area contributed by atoms with E-state index in [2.05, 4.69) is 41.3 Å². The molecule has 1 aromatic heterocycles. The summed E-state index contributed by atoms with van der Waals surface area (Å²) in [6, 6.07) is 2.88. The molecule has 1 aromatic rings. The van der Waals surface area contributed by atoms with Crippen molar-refractivity contribution in [2.45, 2.75) is 45.6 Å². The third-order valence-electron chi connectivity index (χ3n) is 3.85. The summed E-state index contributed by atoms with van der Waals surface area (Å²) in [5, 5.41) is 3.14. The molecule has 0 amide bonds. The Morgan fingerprint density at radius 1 is 1.44 bits per heavy atom. The van der Waals surface area contributed by atoms with Gasteiger partial charge in [0.2, 0.25) is 0 Å². The zero-order valence-electron chi connectivity index (χ0n) is 11.9. The van der Waals surface area contributed by atoms with Crippen molar-refractivity contribution in [1.82, 2.24) is 9.88 Å². The molecule has 1 saturated heterocycles. The number of pyridine rings is 1. The van der Waals surface area contributed by atoms with Crippen molar-refractivity contribution in [1.29, 1.82) is 0 Å². The number of rotatable bonds is 4. The third-order valence-corrected chi connectivity index (χ3v) is 3.85. The van der Waals surface area contributed by atoms with Crippen LogP contribution in [0.15, 0.2) is 12.3 Å². The maximum Gasteiger partial charge on any atom is 0.128 e. The molecule has 0 bridgehead atoms. The average Bonchev–Trinajstić information content (AvgIpc) is 2.40. The number of hydrogen-bond donors (Lipinski definition) is 1. The number of hydrogen-bond acceptors (Lipinski definition) is 3. The van der Waals surface area contributed by atoms with Crippen molar-refractivity contribution in [2.75, 3.05) is 25.5 Å². The standard InChI is InChI=1S/C15H25N3/c1-4-8-18-9-6-5-7-14(18)13-10-12(2)15(16-3)17-11-13/h10-11,14H,4-9H2,1-3H3,(H,16,17)/t14-/m1/s1. The summed E-state index contributed by atoms with van der Waals surface area (Å²) in [5.74, 6) is 0.997. The van der Waals surface area contributed by atoms with Crippen LogP contribution in [0.2, 0.25) is 0 Å². The molecule has 0 aromatic carbocycles. The topological polar surface area (TPSA) is 28.2 Å². The molecule has 0 saturated carbocycles. The van der Waals surface area contributed by atoms with E-state index in [1.165, 1.54) is 49.9 Å². The molecular formula is C15H25N3. The Morgan fingerprint density at radius 3 is 2.94 bits per heavy atom. The lowest BCUT2D eigenvalue weighted by molar-refractivity contribution is 0.149. The Labute approximate surface area is 111 Å². The molecule has 2 heterocycles. The molecule has 0 unspecified atom stereocenters. The second kappa shape index (κ2) is 6.19. The summed E-state index contributed by atoms with van der Waals surface area (Å²) < 4.78 is 0. The highest BCUT2D eigenvalue weighted by atomic mass is 15.2. The number of anilines is 1. The number of likely N-dealkylation sites (tertiary alicyclic amines) is 1. The molecular weight excluding hydrogens is 222 g/mol. The SMILES string of the molecule is CCCN1CCCC[C@@H]1c1cnc(NC)c(C)c1. The first kappa shape index (κ1) is 13.3. The summed E-state index contributed by atoms with van der Waals surface area (Å²) in [4.78, 5) is 7.15. The van der Waals surface area contributed by atoms with Crippen LogP contribution in [0.3, 0.4) is 0 Å². The molecule has 0 spiro atoms. The second-order valence-electron chi connectivity index (χ2n) is 5.23. The van der Waals surface area contributed by atoms with Crippen LogP contribution in [0.1, 0.15) is 49.8 Å². The van der Waals surface area contributed by atoms with E-state index >= 15 is 0 Å². The summed E-state index contributed by atoms with van der Waals surface area (Å²) in [6.45, 7) is 6.84. The molecule has 3 heteroatoms. The van der Waals surface area contributed by atoms with Crippen LogP contribution >= 0.6 is 0 Å². The van der Waals surface area contributed by atoms with Crippen molar-refractivity contribution in [3.63, 3.8) is 0 Å². The maximum atomic E-state index is 4.53. The number of nitrogens with zero attached hydrogens (tertiary/aromatic N) is 2. The Kier molecular flexibility index (Phi) is 4.59. The zero-order valence-corrected chi connectivity index (χ0v) is 11.9. The summed E-state index contributed by atoms with van der Waals surface area (Å²) >= 11 is 0. The number of piperidine rings is 1. The predicted octanol–water partition coefficient (Wildman–Crippen LogP) is 3.37. The van der Waals surface area contributed by atoms with Crippen LogP contribution in [0.25, 0.3) is 0 Å². The first-order valence-corrected chi connectivity index (χ1v) is 7.14. The second-order valence-corrected chi connectivity index (χ2v) is 5.23. The molecule has 1 aliphatic heterocycles. The largest absolute Gasteiger partial charge is 0.373 e. The number of aromatic nitrogens is 1. The minimum atomic E-state index is 0.579. The van der Waals surface area contributed by atoms with Crippen LogP contribution in [0.4, 0.5) is 5.82 Å². The summed E-state index contributed by atoms with van der Waals surface area (Å²) in [5.41, 5.74) is 2.64. The van der Waals surface area contributed by atoms with Gasteiger partial charge in [-0.1, -0.05) is 13.3 Å². The van der Waals surface area contributed by atoms with E-state index in [-0.39, 0.29) is 0 Å². The summed E-state index contributed by atoms with van der Waals surface area (Å²) in [6.07, 6.45) is 7.25. The van der Waals surface area contributed by atoms with Gasteiger partial charge in [-0.2, -0.15) is 0 Å². The Hall–Kier alpha value is -1.09. The maximum absolute atomic E-state index is 4.53. The highest BCUT2D eigenvalue weighted by molar-refractivity contribution is 5.44. The minimum Gasteiger partial charge on any atom is -0.373 e. The van der Waals surface area contributed by atoms with Crippen LogP contribution < -0.4 is 5.32 Å². The van der Waals surface area contributed by atoms with Gasteiger partial charge in [0.15, 0.2) is 0 Å². The fourth-order valence-electron chi connectivity index (χ4n) is 2.96. The van der Waals surface area contributed by atoms with Crippen LogP contribution in [0, 0.1) is 6.92 Å². The molecule has 0 radical (unpaired) electrons. The quantitative estimate of drug-likeness (QED) is 0.884. The van der Waals surface area contributed by atoms with Crippen molar-refractivity contribution in [3.05, 3.63) is 23.4 Å². The smallest absolute Gasteiger partial charge is 0.128 e. The molecule has 2 rings (SSSR count). The lowest BCUT2D eigenvalue weighted by Gasteiger charge is -2.35. The molecule has 1 N–H and O–H groups in total. The monoisotopic (exact) mass is 247 g/mol. The van der Waals surface area contributed by atoms with E-state index in [0.29, 0.717) is 6.04 Å². The summed E-state index contributed by atoms with van der Waals surface area (Å²) in [7, 11) is 1.93. The van der Waals surface area contributed by atoms with E-state index in [4.69, 9.17) is 0 Å². The van der Waals surface area contributed by atoms with Gasteiger partial charge in [-0.05, 0) is 56.5 Å². The van der Waals surface area contributed by atoms with Crippen molar-refractivity contribution in [2.24, 2.45) is 0 Å². The van der Waals surface area contributed by atoms with Gasteiger partial charge in [0.25, 0.3) is 0 Å². The predicted molar refractivity (Wildman–Crippen MR) is 77.0 cm³/mol. The first-order chi connectivity index (χ1) is 8.76. The van der Waals surface area contributed by atoms with Gasteiger partial charge in [0.05, 0.1) is 0 Å². The normalized spacial score (nSPS) is 20.9. The van der Waals surface area contributed by atoms with Crippen molar-refractivity contribution < 1.29 is 0 Å². The number of aryl methyl sites for hydroxylation is 1. The van der Waals surface area contributed by atoms with E-state index in [1.54, 1.807) is 0 Å². The van der Waals surface area contributed by atoms with Gasteiger partial charge in [0, 0.05) is 19.3 Å². The average molecular weight is 247 g/mol. The van der Waals surface area contributed by atoms with Gasteiger partial charge < -0.3 is 5.32 Å². The van der Waals surface area contributed by atoms with Crippen LogP contribution in [-0.2, 0) is 0 Å². The minimum absolute atomic E-state index is 0.579. The Morgan fingerprint density at radius 2 is 2.28 bits per heavy atom. The van der Waals surface area contributed by atoms with Gasteiger partial charge in [0.1, 0.15) is 5.82 Å². The lowest BCUT2D eigenvalue weighted by Crippen LogP contribution is -2.34. The fourth-order valence-corrected chi connectivity index (χ4v) is 2.96. The van der Waals surface area contributed by atoms with Gasteiger partial charge in [-0.15, -0.1) is 0 Å². The number of nitrogens with one attached hydrogen (secondary N) is 1. The van der Waals surface area contributed by atoms with E-state index < -0.39 is 0 Å². The molecule has 100 valence electrons. The third kappa shape index (κ3) is 2.83. The Bertz CT molecular complexity index is 387. The first-order valence-electron chi connectivity index (χ1n) is 7.14. The highest BCUT2D eigenvalue weighted by Crippen LogP contribution is 2.31. The molecule has 1 atom stereocenters. The van der Waals surface area contributed by atoms with E-state index in [1.807, 2.05) is 7.05 Å². The lowest BCUT2D eigenvalue weighted by atomic mass is 9.95. The van der Waals surface area contributed by atoms with Crippen molar-refractivity contribution >= 4 is 5.82 Å². The van der Waals surface area contributed by atoms with Gasteiger partial charge in [-0.3, -0.25) is 4.90 Å². The van der Waals surface area contributed by atoms with E-state index in [9.17, 15) is 0 Å². The zero-order chi connectivity index (χ0) is 13.0. The fraction of sp³-hybridized carbons (Fsp3) is 0.667. The van der Waals surface area contributed by atoms with E-state index in [0.717, 1.165) is 5.82 Å². The van der Waals surface area contributed by atoms with Gasteiger partial charge in [-0.25, -0.2) is 4.98 Å². The Balaban J connectivity index is 2.19. The molecule has 1 fully saturated rings. The molecule has 0 aliphatic carbocycles. The molecule has 3 nitrogen and oxygen atoms in total. The van der Waals surface area contributed by atoms with Crippen LogP contribution in [-0.4, -0.2) is 30.0 Å². The molecule has 18 heavy (non-hydrogen) atoms. The molecule has 1 aliphatic rings. The van der Waals surface area contributed by atoms with Crippen LogP contribution in [0.5, 0.6) is 0 Å². The highest BCUT2D eigenvalue weighted by Gasteiger charge is 2.23. The van der Waals surface area contributed by atoms with Crippen molar-refractivity contribution in [3.8, 4) is 0 Å². The van der Waals surface area contributed by atoms with Gasteiger partial charge >= 0.3 is 0 Å².